The first-order valence-electron chi connectivity index (χ1n) is 4.70. The van der Waals surface area contributed by atoms with Crippen molar-refractivity contribution in [3.8, 4) is 0 Å². The smallest absolute Gasteiger partial charge is 0.0636 e. The molecular formula is C9H21NO2. The van der Waals surface area contributed by atoms with Crippen LogP contribution in [-0.4, -0.2) is 29.3 Å². The molecule has 12 heavy (non-hydrogen) atoms. The summed E-state index contributed by atoms with van der Waals surface area (Å²) in [6, 6.07) is 0.679. The molecular weight excluding hydrogens is 154 g/mol. The number of nitrogens with one attached hydrogen (secondary N) is 1. The van der Waals surface area contributed by atoms with E-state index in [0.29, 0.717) is 6.04 Å². The number of hydrogen-bond acceptors (Lipinski definition) is 2. The minimum atomic E-state index is -0.197. The molecule has 3 heteroatoms. The van der Waals surface area contributed by atoms with E-state index in [1.165, 1.54) is 32.1 Å². The Morgan fingerprint density at radius 3 is 2.42 bits per heavy atom. The fraction of sp³-hybridized carbons (Fsp3) is 1.00. The zero-order valence-electron chi connectivity index (χ0n) is 7.84. The summed E-state index contributed by atoms with van der Waals surface area (Å²) in [6.07, 6.45) is 6.51. The molecule has 0 amide bonds. The summed E-state index contributed by atoms with van der Waals surface area (Å²) in [4.78, 5) is 0. The molecule has 0 aromatic heterocycles. The first-order chi connectivity index (χ1) is 5.29. The zero-order chi connectivity index (χ0) is 8.10. The van der Waals surface area contributed by atoms with Gasteiger partial charge in [-0.3, -0.25) is 0 Å². The first kappa shape index (κ1) is 11.9. The van der Waals surface area contributed by atoms with Crippen molar-refractivity contribution in [3.05, 3.63) is 0 Å². The predicted molar refractivity (Wildman–Crippen MR) is 50.2 cm³/mol. The Morgan fingerprint density at radius 1 is 1.33 bits per heavy atom. The molecule has 1 atom stereocenters. The van der Waals surface area contributed by atoms with Crippen molar-refractivity contribution in [3.63, 3.8) is 0 Å². The standard InChI is InChI=1S/C9H19NO.H2O/c1-8(11)7-10-9-5-3-2-4-6-9;/h8-11H,2-7H2,1H3;1H2. The zero-order valence-corrected chi connectivity index (χ0v) is 7.84. The number of rotatable bonds is 3. The van der Waals surface area contributed by atoms with E-state index in [4.69, 9.17) is 5.11 Å². The van der Waals surface area contributed by atoms with Crippen LogP contribution in [0.2, 0.25) is 0 Å². The monoisotopic (exact) mass is 175 g/mol. The van der Waals surface area contributed by atoms with Gasteiger partial charge >= 0.3 is 0 Å². The molecule has 0 bridgehead atoms. The number of hydrogen-bond donors (Lipinski definition) is 2. The molecule has 1 fully saturated rings. The Balaban J connectivity index is 0.00000121. The molecule has 0 spiro atoms. The van der Waals surface area contributed by atoms with Crippen LogP contribution in [0, 0.1) is 0 Å². The van der Waals surface area contributed by atoms with Crippen molar-refractivity contribution >= 4 is 0 Å². The van der Waals surface area contributed by atoms with Crippen molar-refractivity contribution in [2.75, 3.05) is 6.54 Å². The van der Waals surface area contributed by atoms with Gasteiger partial charge in [-0.2, -0.15) is 0 Å². The molecule has 0 aromatic carbocycles. The molecule has 1 rings (SSSR count). The van der Waals surface area contributed by atoms with Gasteiger partial charge in [-0.05, 0) is 19.8 Å². The van der Waals surface area contributed by atoms with Crippen LogP contribution in [0.5, 0.6) is 0 Å². The van der Waals surface area contributed by atoms with Crippen LogP contribution in [0.15, 0.2) is 0 Å². The van der Waals surface area contributed by atoms with Gasteiger partial charge in [0.15, 0.2) is 0 Å². The topological polar surface area (TPSA) is 63.8 Å². The molecule has 4 N–H and O–H groups in total. The summed E-state index contributed by atoms with van der Waals surface area (Å²) in [5.74, 6) is 0. The SMILES string of the molecule is CC(O)CNC1CCCCC1.O. The maximum Gasteiger partial charge on any atom is 0.0636 e. The van der Waals surface area contributed by atoms with E-state index in [9.17, 15) is 0 Å². The lowest BCUT2D eigenvalue weighted by atomic mass is 9.95. The summed E-state index contributed by atoms with van der Waals surface area (Å²) in [6.45, 7) is 2.58. The normalized spacial score (nSPS) is 21.5. The van der Waals surface area contributed by atoms with Crippen LogP contribution in [0.25, 0.3) is 0 Å². The van der Waals surface area contributed by atoms with E-state index in [0.717, 1.165) is 6.54 Å². The van der Waals surface area contributed by atoms with Gasteiger partial charge < -0.3 is 15.9 Å². The molecule has 1 saturated carbocycles. The van der Waals surface area contributed by atoms with Crippen molar-refractivity contribution in [2.24, 2.45) is 0 Å². The lowest BCUT2D eigenvalue weighted by molar-refractivity contribution is 0.181. The lowest BCUT2D eigenvalue weighted by Gasteiger charge is -2.23. The molecule has 74 valence electrons. The highest BCUT2D eigenvalue weighted by Crippen LogP contribution is 2.16. The molecule has 0 heterocycles. The molecule has 1 aliphatic carbocycles. The average Bonchev–Trinajstić information content (AvgIpc) is 2.03. The molecule has 1 aliphatic rings. The first-order valence-corrected chi connectivity index (χ1v) is 4.70. The fourth-order valence-corrected chi connectivity index (χ4v) is 1.64. The van der Waals surface area contributed by atoms with E-state index in [1.807, 2.05) is 6.92 Å². The second-order valence-electron chi connectivity index (χ2n) is 3.59. The van der Waals surface area contributed by atoms with Gasteiger partial charge in [0.25, 0.3) is 0 Å². The molecule has 0 aliphatic heterocycles. The van der Waals surface area contributed by atoms with Crippen LogP contribution in [0.4, 0.5) is 0 Å². The van der Waals surface area contributed by atoms with Crippen molar-refractivity contribution < 1.29 is 10.6 Å². The third-order valence-corrected chi connectivity index (χ3v) is 2.31. The largest absolute Gasteiger partial charge is 0.412 e. The van der Waals surface area contributed by atoms with E-state index in [2.05, 4.69) is 5.32 Å². The van der Waals surface area contributed by atoms with Gasteiger partial charge in [-0.1, -0.05) is 19.3 Å². The van der Waals surface area contributed by atoms with Gasteiger partial charge in [0, 0.05) is 12.6 Å². The summed E-state index contributed by atoms with van der Waals surface area (Å²) in [5, 5.41) is 12.4. The Labute approximate surface area is 74.5 Å². The van der Waals surface area contributed by atoms with Crippen molar-refractivity contribution in [1.82, 2.24) is 5.32 Å². The maximum absolute atomic E-state index is 9.02. The van der Waals surface area contributed by atoms with Crippen molar-refractivity contribution in [2.45, 2.75) is 51.2 Å². The second-order valence-corrected chi connectivity index (χ2v) is 3.59. The Kier molecular flexibility index (Phi) is 6.34. The lowest BCUT2D eigenvalue weighted by Crippen LogP contribution is -2.35. The average molecular weight is 175 g/mol. The van der Waals surface area contributed by atoms with Gasteiger partial charge in [0.2, 0.25) is 0 Å². The van der Waals surface area contributed by atoms with Gasteiger partial charge in [0.1, 0.15) is 0 Å². The van der Waals surface area contributed by atoms with E-state index < -0.39 is 0 Å². The maximum atomic E-state index is 9.02. The van der Waals surface area contributed by atoms with Crippen molar-refractivity contribution in [1.29, 1.82) is 0 Å². The van der Waals surface area contributed by atoms with Crippen LogP contribution in [0.1, 0.15) is 39.0 Å². The van der Waals surface area contributed by atoms with Crippen LogP contribution < -0.4 is 5.32 Å². The van der Waals surface area contributed by atoms with E-state index in [1.54, 1.807) is 0 Å². The predicted octanol–water partition coefficient (Wildman–Crippen LogP) is 0.465. The molecule has 3 nitrogen and oxygen atoms in total. The van der Waals surface area contributed by atoms with E-state index in [-0.39, 0.29) is 11.6 Å². The summed E-state index contributed by atoms with van der Waals surface area (Å²) < 4.78 is 0. The second kappa shape index (κ2) is 6.40. The summed E-state index contributed by atoms with van der Waals surface area (Å²) >= 11 is 0. The fourth-order valence-electron chi connectivity index (χ4n) is 1.64. The van der Waals surface area contributed by atoms with Gasteiger partial charge in [-0.25, -0.2) is 0 Å². The third-order valence-electron chi connectivity index (χ3n) is 2.31. The molecule has 1 unspecified atom stereocenters. The quantitative estimate of drug-likeness (QED) is 0.654. The highest BCUT2D eigenvalue weighted by molar-refractivity contribution is 4.72. The summed E-state index contributed by atoms with van der Waals surface area (Å²) in [7, 11) is 0. The minimum absolute atomic E-state index is 0. The van der Waals surface area contributed by atoms with Crippen LogP contribution in [-0.2, 0) is 0 Å². The highest BCUT2D eigenvalue weighted by Gasteiger charge is 2.12. The van der Waals surface area contributed by atoms with E-state index >= 15 is 0 Å². The number of aliphatic hydroxyl groups is 1. The van der Waals surface area contributed by atoms with Gasteiger partial charge in [-0.15, -0.1) is 0 Å². The highest BCUT2D eigenvalue weighted by atomic mass is 16.3. The van der Waals surface area contributed by atoms with Crippen LogP contribution >= 0.6 is 0 Å². The Bertz CT molecular complexity index is 101. The third kappa shape index (κ3) is 4.70. The Hall–Kier alpha value is -0.120. The van der Waals surface area contributed by atoms with Gasteiger partial charge in [0.05, 0.1) is 6.10 Å². The van der Waals surface area contributed by atoms with Crippen LogP contribution in [0.3, 0.4) is 0 Å². The molecule has 0 aromatic rings. The summed E-state index contributed by atoms with van der Waals surface area (Å²) in [5.41, 5.74) is 0. The minimum Gasteiger partial charge on any atom is -0.412 e. The Morgan fingerprint density at radius 2 is 1.92 bits per heavy atom. The molecule has 0 radical (unpaired) electrons. The molecule has 0 saturated heterocycles. The number of aliphatic hydroxyl groups excluding tert-OH is 1.